The Kier molecular flexibility index (Phi) is 11.2. The summed E-state index contributed by atoms with van der Waals surface area (Å²) >= 11 is 0. The van der Waals surface area contributed by atoms with Crippen molar-refractivity contribution in [3.63, 3.8) is 0 Å². The lowest BCUT2D eigenvalue weighted by molar-refractivity contribution is 0.198. The Hall–Kier alpha value is -0.560. The average Bonchev–Trinajstić information content (AvgIpc) is 2.04. The predicted octanol–water partition coefficient (Wildman–Crippen LogP) is 2.92. The van der Waals surface area contributed by atoms with Crippen molar-refractivity contribution in [2.75, 3.05) is 0 Å². The van der Waals surface area contributed by atoms with Crippen LogP contribution in [0.4, 0.5) is 0 Å². The summed E-state index contributed by atoms with van der Waals surface area (Å²) in [5, 5.41) is 8.82. The van der Waals surface area contributed by atoms with Gasteiger partial charge in [0.1, 0.15) is 0 Å². The van der Waals surface area contributed by atoms with Gasteiger partial charge in [0, 0.05) is 0 Å². The quantitative estimate of drug-likeness (QED) is 0.623. The Balaban J connectivity index is 0. The average molecular weight is 156 g/mol. The Morgan fingerprint density at radius 2 is 2.00 bits per heavy atom. The number of hydrogen-bond donors (Lipinski definition) is 1. The number of allylic oxidation sites excluding steroid dienone is 2. The predicted molar refractivity (Wildman–Crippen MR) is 51.6 cm³/mol. The van der Waals surface area contributed by atoms with E-state index in [4.69, 9.17) is 5.11 Å². The summed E-state index contributed by atoms with van der Waals surface area (Å²) in [6, 6.07) is 0. The highest BCUT2D eigenvalue weighted by atomic mass is 16.3. The highest BCUT2D eigenvalue weighted by molar-refractivity contribution is 5.12. The summed E-state index contributed by atoms with van der Waals surface area (Å²) in [6.07, 6.45) is 4.23. The second-order valence-corrected chi connectivity index (χ2v) is 2.24. The van der Waals surface area contributed by atoms with Gasteiger partial charge in [-0.3, -0.25) is 0 Å². The van der Waals surface area contributed by atoms with Crippen LogP contribution in [0.15, 0.2) is 24.3 Å². The lowest BCUT2D eigenvalue weighted by atomic mass is 10.2. The van der Waals surface area contributed by atoms with Gasteiger partial charge >= 0.3 is 0 Å². The molecule has 0 spiro atoms. The lowest BCUT2D eigenvalue weighted by Crippen LogP contribution is -1.95. The third kappa shape index (κ3) is 12.6. The normalized spacial score (nSPS) is 13.0. The van der Waals surface area contributed by atoms with Gasteiger partial charge in [0.05, 0.1) is 6.10 Å². The van der Waals surface area contributed by atoms with Crippen LogP contribution in [-0.4, -0.2) is 11.2 Å². The Morgan fingerprint density at radius 3 is 2.27 bits per heavy atom. The van der Waals surface area contributed by atoms with E-state index in [1.165, 1.54) is 0 Å². The van der Waals surface area contributed by atoms with E-state index in [2.05, 4.69) is 6.58 Å². The van der Waals surface area contributed by atoms with Gasteiger partial charge in [0.15, 0.2) is 0 Å². The van der Waals surface area contributed by atoms with Gasteiger partial charge in [-0.05, 0) is 20.3 Å². The van der Waals surface area contributed by atoms with Gasteiger partial charge in [0.2, 0.25) is 0 Å². The summed E-state index contributed by atoms with van der Waals surface area (Å²) < 4.78 is 0. The number of aliphatic hydroxyl groups is 1. The monoisotopic (exact) mass is 156 g/mol. The zero-order valence-electron chi connectivity index (χ0n) is 8.09. The van der Waals surface area contributed by atoms with E-state index in [-0.39, 0.29) is 6.10 Å². The molecule has 0 heterocycles. The number of aliphatic hydroxyl groups excluding tert-OH is 1. The van der Waals surface area contributed by atoms with Gasteiger partial charge in [-0.1, -0.05) is 38.2 Å². The molecule has 66 valence electrons. The Morgan fingerprint density at radius 1 is 1.55 bits per heavy atom. The fourth-order valence-corrected chi connectivity index (χ4v) is 0.440. The molecule has 0 amide bonds. The van der Waals surface area contributed by atoms with Crippen LogP contribution >= 0.6 is 0 Å². The molecule has 0 aromatic carbocycles. The minimum Gasteiger partial charge on any atom is -0.393 e. The van der Waals surface area contributed by atoms with Crippen molar-refractivity contribution in [1.29, 1.82) is 0 Å². The standard InChI is InChI=1S/C8H14O.C2H6/c1-4-7(2)5-6-8(3)9;1-2/h4-5,8-9H,1,6H2,2-3H3;1-2H3/b7-5-;. The van der Waals surface area contributed by atoms with E-state index < -0.39 is 0 Å². The maximum absolute atomic E-state index is 8.82. The molecule has 0 aliphatic heterocycles. The van der Waals surface area contributed by atoms with E-state index in [0.717, 1.165) is 12.0 Å². The molecule has 0 bridgehead atoms. The summed E-state index contributed by atoms with van der Waals surface area (Å²) in [5.74, 6) is 0. The van der Waals surface area contributed by atoms with Gasteiger partial charge in [-0.25, -0.2) is 0 Å². The minimum atomic E-state index is -0.236. The summed E-state index contributed by atoms with van der Waals surface area (Å²) in [4.78, 5) is 0. The molecule has 1 unspecified atom stereocenters. The van der Waals surface area contributed by atoms with Crippen molar-refractivity contribution in [3.8, 4) is 0 Å². The molecule has 0 aromatic heterocycles. The molecule has 0 aliphatic carbocycles. The first-order valence-electron chi connectivity index (χ1n) is 4.14. The summed E-state index contributed by atoms with van der Waals surface area (Å²) in [7, 11) is 0. The van der Waals surface area contributed by atoms with E-state index in [1.54, 1.807) is 13.0 Å². The van der Waals surface area contributed by atoms with E-state index in [9.17, 15) is 0 Å². The zero-order chi connectivity index (χ0) is 9.28. The smallest absolute Gasteiger partial charge is 0.0546 e. The van der Waals surface area contributed by atoms with E-state index >= 15 is 0 Å². The van der Waals surface area contributed by atoms with Crippen LogP contribution in [-0.2, 0) is 0 Å². The number of rotatable bonds is 3. The van der Waals surface area contributed by atoms with Gasteiger partial charge in [0.25, 0.3) is 0 Å². The second kappa shape index (κ2) is 9.44. The summed E-state index contributed by atoms with van der Waals surface area (Å²) in [5.41, 5.74) is 1.12. The second-order valence-electron chi connectivity index (χ2n) is 2.24. The van der Waals surface area contributed by atoms with Crippen molar-refractivity contribution in [1.82, 2.24) is 0 Å². The van der Waals surface area contributed by atoms with Crippen molar-refractivity contribution in [2.24, 2.45) is 0 Å². The highest BCUT2D eigenvalue weighted by Crippen LogP contribution is 1.98. The third-order valence-corrected chi connectivity index (χ3v) is 1.10. The molecule has 0 fully saturated rings. The SMILES string of the molecule is C=C/C(C)=C\CC(C)O.CC. The van der Waals surface area contributed by atoms with Crippen LogP contribution in [0.25, 0.3) is 0 Å². The van der Waals surface area contributed by atoms with Crippen LogP contribution in [0, 0.1) is 0 Å². The lowest BCUT2D eigenvalue weighted by Gasteiger charge is -1.97. The van der Waals surface area contributed by atoms with Crippen LogP contribution in [0.5, 0.6) is 0 Å². The number of hydrogen-bond acceptors (Lipinski definition) is 1. The van der Waals surface area contributed by atoms with E-state index in [1.807, 2.05) is 26.8 Å². The van der Waals surface area contributed by atoms with Crippen molar-refractivity contribution in [3.05, 3.63) is 24.3 Å². The van der Waals surface area contributed by atoms with Crippen molar-refractivity contribution in [2.45, 2.75) is 40.2 Å². The van der Waals surface area contributed by atoms with Crippen LogP contribution < -0.4 is 0 Å². The molecule has 1 nitrogen and oxygen atoms in total. The van der Waals surface area contributed by atoms with Crippen molar-refractivity contribution < 1.29 is 5.11 Å². The topological polar surface area (TPSA) is 20.2 Å². The molecule has 0 saturated carbocycles. The summed E-state index contributed by atoms with van der Waals surface area (Å²) in [6.45, 7) is 11.3. The Labute approximate surface area is 70.4 Å². The fourth-order valence-electron chi connectivity index (χ4n) is 0.440. The van der Waals surface area contributed by atoms with Gasteiger partial charge < -0.3 is 5.11 Å². The zero-order valence-corrected chi connectivity index (χ0v) is 8.09. The largest absolute Gasteiger partial charge is 0.393 e. The first kappa shape index (κ1) is 13.1. The third-order valence-electron chi connectivity index (χ3n) is 1.10. The van der Waals surface area contributed by atoms with Crippen LogP contribution in [0.2, 0.25) is 0 Å². The molecular weight excluding hydrogens is 136 g/mol. The molecule has 0 aromatic rings. The van der Waals surface area contributed by atoms with E-state index in [0.29, 0.717) is 0 Å². The molecular formula is C10H20O. The first-order chi connectivity index (χ1) is 5.16. The molecule has 0 radical (unpaired) electrons. The first-order valence-corrected chi connectivity index (χ1v) is 4.14. The molecule has 1 N–H and O–H groups in total. The van der Waals surface area contributed by atoms with Crippen LogP contribution in [0.1, 0.15) is 34.1 Å². The fraction of sp³-hybridized carbons (Fsp3) is 0.600. The van der Waals surface area contributed by atoms with Gasteiger partial charge in [-0.15, -0.1) is 0 Å². The maximum atomic E-state index is 8.82. The van der Waals surface area contributed by atoms with Gasteiger partial charge in [-0.2, -0.15) is 0 Å². The molecule has 1 heteroatoms. The molecule has 0 rings (SSSR count). The van der Waals surface area contributed by atoms with Crippen LogP contribution in [0.3, 0.4) is 0 Å². The molecule has 0 aliphatic rings. The van der Waals surface area contributed by atoms with Crippen molar-refractivity contribution >= 4 is 0 Å². The highest BCUT2D eigenvalue weighted by Gasteiger charge is 1.89. The minimum absolute atomic E-state index is 0.236. The molecule has 11 heavy (non-hydrogen) atoms. The molecule has 0 saturated heterocycles. The maximum Gasteiger partial charge on any atom is 0.0546 e. The Bertz CT molecular complexity index is 112. The molecule has 1 atom stereocenters.